The van der Waals surface area contributed by atoms with E-state index >= 15 is 0 Å². The van der Waals surface area contributed by atoms with Gasteiger partial charge in [-0.05, 0) is 30.7 Å². The largest absolute Gasteiger partial charge is 0.484 e. The van der Waals surface area contributed by atoms with Gasteiger partial charge in [0.1, 0.15) is 11.3 Å². The van der Waals surface area contributed by atoms with Crippen molar-refractivity contribution in [3.8, 4) is 17.1 Å². The molecule has 4 aromatic rings. The van der Waals surface area contributed by atoms with Crippen LogP contribution in [0.25, 0.3) is 22.4 Å². The van der Waals surface area contributed by atoms with Gasteiger partial charge in [0, 0.05) is 27.6 Å². The molecule has 0 aliphatic carbocycles. The second-order valence-corrected chi connectivity index (χ2v) is 7.09. The summed E-state index contributed by atoms with van der Waals surface area (Å²) in [4.78, 5) is 27.9. The minimum atomic E-state index is -0.435. The van der Waals surface area contributed by atoms with E-state index in [-0.39, 0.29) is 12.6 Å². The Labute approximate surface area is 173 Å². The predicted molar refractivity (Wildman–Crippen MR) is 111 cm³/mol. The molecule has 2 N–H and O–H groups in total. The van der Waals surface area contributed by atoms with Gasteiger partial charge in [0.25, 0.3) is 5.91 Å². The number of halogens is 1. The molecule has 1 amide bonds. The van der Waals surface area contributed by atoms with Crippen LogP contribution in [0.5, 0.6) is 5.75 Å². The van der Waals surface area contributed by atoms with Gasteiger partial charge in [-0.3, -0.25) is 15.2 Å². The maximum absolute atomic E-state index is 12.2. The first kappa shape index (κ1) is 18.9. The van der Waals surface area contributed by atoms with E-state index in [1.54, 1.807) is 18.2 Å². The second-order valence-electron chi connectivity index (χ2n) is 6.23. The fourth-order valence-electron chi connectivity index (χ4n) is 2.80. The van der Waals surface area contributed by atoms with E-state index < -0.39 is 11.5 Å². The first-order valence-corrected chi connectivity index (χ1v) is 9.43. The molecular weight excluding hydrogens is 440 g/mol. The number of hydrogen-bond donors (Lipinski definition) is 2. The molecule has 29 heavy (non-hydrogen) atoms. The number of H-pyrrole nitrogens is 1. The number of rotatable bonds is 5. The van der Waals surface area contributed by atoms with Crippen LogP contribution in [0.4, 0.5) is 5.95 Å². The molecule has 0 bridgehead atoms. The molecule has 2 heterocycles. The number of anilines is 1. The van der Waals surface area contributed by atoms with Crippen molar-refractivity contribution < 1.29 is 13.9 Å². The summed E-state index contributed by atoms with van der Waals surface area (Å²) in [7, 11) is 0. The number of hydrogen-bond acceptors (Lipinski definition) is 6. The summed E-state index contributed by atoms with van der Waals surface area (Å²) in [5, 5.41) is 10.2. The van der Waals surface area contributed by atoms with Crippen LogP contribution in [-0.2, 0) is 4.79 Å². The van der Waals surface area contributed by atoms with Gasteiger partial charge in [-0.15, -0.1) is 5.10 Å². The third-order valence-electron chi connectivity index (χ3n) is 4.16. The van der Waals surface area contributed by atoms with Crippen LogP contribution in [0.3, 0.4) is 0 Å². The van der Waals surface area contributed by atoms with E-state index in [0.717, 1.165) is 21.0 Å². The Bertz CT molecular complexity index is 1260. The average Bonchev–Trinajstić information content (AvgIpc) is 3.14. The van der Waals surface area contributed by atoms with Gasteiger partial charge >= 0.3 is 5.63 Å². The topological polar surface area (TPSA) is 110 Å². The van der Waals surface area contributed by atoms with Crippen molar-refractivity contribution in [2.24, 2.45) is 0 Å². The highest BCUT2D eigenvalue weighted by molar-refractivity contribution is 9.10. The standard InChI is InChI=1S/C20H15BrN4O4/c1-11-8-18(27)29-16-9-12(6-7-13(11)16)28-10-17(26)22-20-23-19(24-25-20)14-4-2-3-5-15(14)21/h2-9H,10H2,1H3,(H2,22,23,24,25,26). The number of nitrogens with zero attached hydrogens (tertiary/aromatic N) is 2. The lowest BCUT2D eigenvalue weighted by Crippen LogP contribution is -2.20. The minimum absolute atomic E-state index is 0.143. The number of ether oxygens (including phenoxy) is 1. The lowest BCUT2D eigenvalue weighted by molar-refractivity contribution is -0.118. The Balaban J connectivity index is 1.41. The lowest BCUT2D eigenvalue weighted by Gasteiger charge is -2.07. The molecule has 2 aromatic carbocycles. The molecule has 0 aliphatic rings. The zero-order valence-electron chi connectivity index (χ0n) is 15.2. The number of nitrogens with one attached hydrogen (secondary N) is 2. The molecule has 146 valence electrons. The van der Waals surface area contributed by atoms with E-state index in [1.165, 1.54) is 6.07 Å². The van der Waals surface area contributed by atoms with E-state index in [4.69, 9.17) is 9.15 Å². The number of aryl methyl sites for hydroxylation is 1. The molecule has 9 heteroatoms. The van der Waals surface area contributed by atoms with Crippen molar-refractivity contribution in [2.45, 2.75) is 6.92 Å². The Morgan fingerprint density at radius 1 is 1.24 bits per heavy atom. The van der Waals surface area contributed by atoms with Crippen molar-refractivity contribution in [1.29, 1.82) is 0 Å². The molecule has 0 fully saturated rings. The monoisotopic (exact) mass is 454 g/mol. The maximum atomic E-state index is 12.2. The van der Waals surface area contributed by atoms with Crippen LogP contribution in [0.2, 0.25) is 0 Å². The highest BCUT2D eigenvalue weighted by Gasteiger charge is 2.12. The quantitative estimate of drug-likeness (QED) is 0.445. The summed E-state index contributed by atoms with van der Waals surface area (Å²) >= 11 is 3.45. The van der Waals surface area contributed by atoms with E-state index in [2.05, 4.69) is 36.4 Å². The van der Waals surface area contributed by atoms with Crippen molar-refractivity contribution in [3.63, 3.8) is 0 Å². The van der Waals surface area contributed by atoms with Crippen molar-refractivity contribution in [3.05, 3.63) is 69.0 Å². The van der Waals surface area contributed by atoms with Gasteiger partial charge in [-0.25, -0.2) is 4.79 Å². The molecule has 0 unspecified atom stereocenters. The third-order valence-corrected chi connectivity index (χ3v) is 4.85. The average molecular weight is 455 g/mol. The Morgan fingerprint density at radius 3 is 2.90 bits per heavy atom. The third kappa shape index (κ3) is 4.19. The van der Waals surface area contributed by atoms with Gasteiger partial charge in [0.15, 0.2) is 12.4 Å². The van der Waals surface area contributed by atoms with Crippen LogP contribution in [0.1, 0.15) is 5.56 Å². The zero-order valence-corrected chi connectivity index (χ0v) is 16.8. The minimum Gasteiger partial charge on any atom is -0.484 e. The van der Waals surface area contributed by atoms with Gasteiger partial charge in [0.2, 0.25) is 5.95 Å². The number of amides is 1. The molecule has 8 nitrogen and oxygen atoms in total. The van der Waals surface area contributed by atoms with Crippen molar-refractivity contribution in [1.82, 2.24) is 15.2 Å². The smallest absolute Gasteiger partial charge is 0.336 e. The van der Waals surface area contributed by atoms with Crippen molar-refractivity contribution >= 4 is 38.8 Å². The number of fused-ring (bicyclic) bond motifs is 1. The molecule has 4 rings (SSSR count). The first-order valence-electron chi connectivity index (χ1n) is 8.64. The number of aromatic nitrogens is 3. The number of benzene rings is 2. The highest BCUT2D eigenvalue weighted by atomic mass is 79.9. The number of carbonyl (C=O) groups excluding carboxylic acids is 1. The fourth-order valence-corrected chi connectivity index (χ4v) is 3.27. The molecule has 0 atom stereocenters. The summed E-state index contributed by atoms with van der Waals surface area (Å²) in [5.74, 6) is 0.650. The van der Waals surface area contributed by atoms with Gasteiger partial charge < -0.3 is 9.15 Å². The zero-order chi connectivity index (χ0) is 20.4. The van der Waals surface area contributed by atoms with Crippen LogP contribution in [0, 0.1) is 6.92 Å². The normalized spacial score (nSPS) is 10.8. The maximum Gasteiger partial charge on any atom is 0.336 e. The summed E-state index contributed by atoms with van der Waals surface area (Å²) in [6.07, 6.45) is 0. The number of aromatic amines is 1. The first-order chi connectivity index (χ1) is 14.0. The van der Waals surface area contributed by atoms with Gasteiger partial charge in [0.05, 0.1) is 0 Å². The number of carbonyl (C=O) groups is 1. The van der Waals surface area contributed by atoms with E-state index in [9.17, 15) is 9.59 Å². The van der Waals surface area contributed by atoms with Crippen LogP contribution >= 0.6 is 15.9 Å². The van der Waals surface area contributed by atoms with Gasteiger partial charge in [-0.1, -0.05) is 34.1 Å². The Hall–Kier alpha value is -3.46. The summed E-state index contributed by atoms with van der Waals surface area (Å²) in [6, 6.07) is 14.0. The summed E-state index contributed by atoms with van der Waals surface area (Å²) in [6.45, 7) is 1.58. The highest BCUT2D eigenvalue weighted by Crippen LogP contribution is 2.25. The van der Waals surface area contributed by atoms with Crippen molar-refractivity contribution in [2.75, 3.05) is 11.9 Å². The van der Waals surface area contributed by atoms with E-state index in [1.807, 2.05) is 31.2 Å². The summed E-state index contributed by atoms with van der Waals surface area (Å²) in [5.41, 5.74) is 1.60. The van der Waals surface area contributed by atoms with E-state index in [0.29, 0.717) is 17.2 Å². The predicted octanol–water partition coefficient (Wildman–Crippen LogP) is 3.67. The van der Waals surface area contributed by atoms with Crippen LogP contribution < -0.4 is 15.7 Å². The summed E-state index contributed by atoms with van der Waals surface area (Å²) < 4.78 is 11.5. The molecule has 0 aliphatic heterocycles. The van der Waals surface area contributed by atoms with Crippen LogP contribution in [-0.4, -0.2) is 27.7 Å². The molecule has 0 spiro atoms. The molecule has 0 saturated heterocycles. The molecule has 0 saturated carbocycles. The second kappa shape index (κ2) is 7.88. The SMILES string of the molecule is Cc1cc(=O)oc2cc(OCC(=O)Nc3n[nH]c(-c4ccccc4Br)n3)ccc12. The lowest BCUT2D eigenvalue weighted by atomic mass is 10.1. The molecule has 0 radical (unpaired) electrons. The molecular formula is C20H15BrN4O4. The van der Waals surface area contributed by atoms with Gasteiger partial charge in [-0.2, -0.15) is 4.98 Å². The Kier molecular flexibility index (Phi) is 5.13. The Morgan fingerprint density at radius 2 is 2.07 bits per heavy atom. The molecule has 2 aromatic heterocycles. The van der Waals surface area contributed by atoms with Crippen LogP contribution in [0.15, 0.2) is 62.2 Å². The fraction of sp³-hybridized carbons (Fsp3) is 0.100.